The van der Waals surface area contributed by atoms with Crippen LogP contribution in [0.4, 0.5) is 5.82 Å². The van der Waals surface area contributed by atoms with Gasteiger partial charge in [0.1, 0.15) is 11.5 Å². The first-order chi connectivity index (χ1) is 17.3. The summed E-state index contributed by atoms with van der Waals surface area (Å²) in [6, 6.07) is 17.0. The number of nitrogens with zero attached hydrogens (tertiary/aromatic N) is 4. The number of anilines is 1. The number of amides is 2. The predicted molar refractivity (Wildman–Crippen MR) is 139 cm³/mol. The summed E-state index contributed by atoms with van der Waals surface area (Å²) in [7, 11) is 0. The number of hydrogen-bond donors (Lipinski definition) is 1. The summed E-state index contributed by atoms with van der Waals surface area (Å²) in [5.74, 6) is 0.796. The van der Waals surface area contributed by atoms with E-state index in [-0.39, 0.29) is 11.8 Å². The van der Waals surface area contributed by atoms with Crippen LogP contribution in [-0.2, 0) is 6.42 Å². The van der Waals surface area contributed by atoms with Crippen molar-refractivity contribution in [3.8, 4) is 6.07 Å². The molecule has 7 heteroatoms. The maximum absolute atomic E-state index is 13.2. The molecule has 0 radical (unpaired) electrons. The number of nitrogens with one attached hydrogen (secondary N) is 1. The Morgan fingerprint density at radius 2 is 1.81 bits per heavy atom. The molecule has 1 N–H and O–H groups in total. The molecule has 2 amide bonds. The number of carbonyl (C=O) groups is 2. The molecule has 184 valence electrons. The molecule has 7 nitrogen and oxygen atoms in total. The molecule has 1 saturated heterocycles. The van der Waals surface area contributed by atoms with Gasteiger partial charge in [-0.25, -0.2) is 4.98 Å². The second kappa shape index (κ2) is 11.1. The molecule has 1 aliphatic rings. The summed E-state index contributed by atoms with van der Waals surface area (Å²) >= 11 is 0. The van der Waals surface area contributed by atoms with Gasteiger partial charge in [0.25, 0.3) is 11.8 Å². The molecule has 1 aliphatic heterocycles. The molecule has 0 spiro atoms. The first-order valence-corrected chi connectivity index (χ1v) is 12.4. The zero-order chi connectivity index (χ0) is 25.7. The highest BCUT2D eigenvalue weighted by molar-refractivity contribution is 6.04. The summed E-state index contributed by atoms with van der Waals surface area (Å²) < 4.78 is 0. The van der Waals surface area contributed by atoms with Crippen LogP contribution in [0.25, 0.3) is 0 Å². The van der Waals surface area contributed by atoms with Crippen molar-refractivity contribution < 1.29 is 9.59 Å². The number of benzene rings is 1. The maximum Gasteiger partial charge on any atom is 0.272 e. The first-order valence-electron chi connectivity index (χ1n) is 12.4. The van der Waals surface area contributed by atoms with E-state index in [1.54, 1.807) is 18.3 Å². The largest absolute Gasteiger partial charge is 0.337 e. The van der Waals surface area contributed by atoms with Gasteiger partial charge in [0.05, 0.1) is 17.2 Å². The molecule has 0 aliphatic carbocycles. The lowest BCUT2D eigenvalue weighted by molar-refractivity contribution is 0.0706. The highest BCUT2D eigenvalue weighted by atomic mass is 16.2. The number of hydrogen-bond acceptors (Lipinski definition) is 5. The number of rotatable bonds is 6. The van der Waals surface area contributed by atoms with Gasteiger partial charge in [-0.15, -0.1) is 0 Å². The summed E-state index contributed by atoms with van der Waals surface area (Å²) in [5, 5.41) is 11.8. The van der Waals surface area contributed by atoms with Crippen molar-refractivity contribution in [2.24, 2.45) is 5.92 Å². The fraction of sp³-hybridized carbons (Fsp3) is 0.345. The van der Waals surface area contributed by atoms with E-state index < -0.39 is 0 Å². The van der Waals surface area contributed by atoms with Crippen LogP contribution in [0, 0.1) is 24.2 Å². The van der Waals surface area contributed by atoms with Crippen molar-refractivity contribution in [2.75, 3.05) is 18.4 Å². The Balaban J connectivity index is 1.39. The zero-order valence-electron chi connectivity index (χ0n) is 21.0. The number of pyridine rings is 2. The Bertz CT molecular complexity index is 1270. The summed E-state index contributed by atoms with van der Waals surface area (Å²) in [6.07, 6.45) is 4.15. The fourth-order valence-electron chi connectivity index (χ4n) is 4.46. The van der Waals surface area contributed by atoms with Gasteiger partial charge < -0.3 is 10.2 Å². The molecule has 2 aromatic heterocycles. The van der Waals surface area contributed by atoms with Crippen LogP contribution in [0.1, 0.15) is 75.8 Å². The lowest BCUT2D eigenvalue weighted by Crippen LogP contribution is -2.38. The van der Waals surface area contributed by atoms with Gasteiger partial charge in [0, 0.05) is 25.0 Å². The fourth-order valence-corrected chi connectivity index (χ4v) is 4.46. The molecule has 3 aromatic rings. The maximum atomic E-state index is 13.2. The van der Waals surface area contributed by atoms with Gasteiger partial charge in [-0.3, -0.25) is 14.6 Å². The lowest BCUT2D eigenvalue weighted by atomic mass is 9.89. The first kappa shape index (κ1) is 25.1. The molecule has 0 atom stereocenters. The molecule has 4 rings (SSSR count). The molecular weight excluding hydrogens is 450 g/mol. The van der Waals surface area contributed by atoms with Crippen LogP contribution in [0.15, 0.2) is 54.7 Å². The Morgan fingerprint density at radius 1 is 1.08 bits per heavy atom. The number of aromatic nitrogens is 2. The summed E-state index contributed by atoms with van der Waals surface area (Å²) in [5.41, 5.74) is 4.35. The topological polar surface area (TPSA) is 99.0 Å². The van der Waals surface area contributed by atoms with Crippen molar-refractivity contribution in [3.63, 3.8) is 0 Å². The smallest absolute Gasteiger partial charge is 0.272 e. The second-order valence-corrected chi connectivity index (χ2v) is 9.75. The minimum Gasteiger partial charge on any atom is -0.337 e. The third kappa shape index (κ3) is 5.95. The average molecular weight is 482 g/mol. The van der Waals surface area contributed by atoms with Gasteiger partial charge in [0.15, 0.2) is 0 Å². The number of aryl methyl sites for hydroxylation is 1. The molecule has 0 bridgehead atoms. The van der Waals surface area contributed by atoms with E-state index in [2.05, 4.69) is 35.2 Å². The van der Waals surface area contributed by atoms with Crippen molar-refractivity contribution >= 4 is 17.6 Å². The molecule has 0 unspecified atom stereocenters. The molecular formula is C29H31N5O2. The number of piperidine rings is 1. The van der Waals surface area contributed by atoms with Crippen LogP contribution in [-0.4, -0.2) is 39.8 Å². The standard InChI is InChI=1S/C29H31N5O2/c1-19(2)16-25-10-9-24(18-31-25)28(35)33-27-20(3)4-11-26(32-27)29(36)34-14-12-23(13-15-34)22-7-5-21(17-30)6-8-22/h4-11,18-19,23H,12-16H2,1-3H3,(H,32,33,35). The Labute approximate surface area is 212 Å². The van der Waals surface area contributed by atoms with E-state index in [0.29, 0.717) is 47.6 Å². The van der Waals surface area contributed by atoms with Crippen LogP contribution < -0.4 is 5.32 Å². The number of likely N-dealkylation sites (tertiary alicyclic amines) is 1. The highest BCUT2D eigenvalue weighted by Crippen LogP contribution is 2.29. The van der Waals surface area contributed by atoms with Crippen LogP contribution in [0.2, 0.25) is 0 Å². The van der Waals surface area contributed by atoms with Gasteiger partial charge in [0.2, 0.25) is 0 Å². The lowest BCUT2D eigenvalue weighted by Gasteiger charge is -2.32. The van der Waals surface area contributed by atoms with Gasteiger partial charge in [-0.1, -0.05) is 32.0 Å². The van der Waals surface area contributed by atoms with E-state index in [1.165, 1.54) is 5.56 Å². The van der Waals surface area contributed by atoms with Gasteiger partial charge in [-0.2, -0.15) is 5.26 Å². The summed E-state index contributed by atoms with van der Waals surface area (Å²) in [4.78, 5) is 36.7. The Kier molecular flexibility index (Phi) is 7.74. The van der Waals surface area contributed by atoms with Crippen molar-refractivity contribution in [3.05, 3.63) is 88.4 Å². The van der Waals surface area contributed by atoms with Crippen molar-refractivity contribution in [1.82, 2.24) is 14.9 Å². The van der Waals surface area contributed by atoms with E-state index in [9.17, 15) is 9.59 Å². The normalized spacial score (nSPS) is 13.9. The van der Waals surface area contributed by atoms with E-state index in [1.807, 2.05) is 48.2 Å². The van der Waals surface area contributed by atoms with Gasteiger partial charge >= 0.3 is 0 Å². The van der Waals surface area contributed by atoms with Crippen LogP contribution >= 0.6 is 0 Å². The molecule has 0 saturated carbocycles. The summed E-state index contributed by atoms with van der Waals surface area (Å²) in [6.45, 7) is 7.37. The van der Waals surface area contributed by atoms with E-state index in [0.717, 1.165) is 30.5 Å². The highest BCUT2D eigenvalue weighted by Gasteiger charge is 2.26. The molecule has 1 fully saturated rings. The third-order valence-corrected chi connectivity index (χ3v) is 6.55. The molecule has 1 aromatic carbocycles. The van der Waals surface area contributed by atoms with Crippen molar-refractivity contribution in [2.45, 2.75) is 46.0 Å². The average Bonchev–Trinajstić information content (AvgIpc) is 2.89. The van der Waals surface area contributed by atoms with Crippen LogP contribution in [0.5, 0.6) is 0 Å². The third-order valence-electron chi connectivity index (χ3n) is 6.55. The van der Waals surface area contributed by atoms with E-state index in [4.69, 9.17) is 5.26 Å². The van der Waals surface area contributed by atoms with Crippen LogP contribution in [0.3, 0.4) is 0 Å². The molecule has 36 heavy (non-hydrogen) atoms. The van der Waals surface area contributed by atoms with Gasteiger partial charge in [-0.05, 0) is 79.5 Å². The SMILES string of the molecule is Cc1ccc(C(=O)N2CCC(c3ccc(C#N)cc3)CC2)nc1NC(=O)c1ccc(CC(C)C)nc1. The molecule has 3 heterocycles. The monoisotopic (exact) mass is 481 g/mol. The quantitative estimate of drug-likeness (QED) is 0.526. The second-order valence-electron chi connectivity index (χ2n) is 9.75. The van der Waals surface area contributed by atoms with Crippen molar-refractivity contribution in [1.29, 1.82) is 5.26 Å². The Hall–Kier alpha value is -4.05. The number of carbonyl (C=O) groups excluding carboxylic acids is 2. The predicted octanol–water partition coefficient (Wildman–Crippen LogP) is 5.13. The minimum atomic E-state index is -0.304. The minimum absolute atomic E-state index is 0.136. The zero-order valence-corrected chi connectivity index (χ0v) is 21.0. The Morgan fingerprint density at radius 3 is 2.42 bits per heavy atom. The van der Waals surface area contributed by atoms with E-state index >= 15 is 0 Å². The number of nitriles is 1.